The quantitative estimate of drug-likeness (QED) is 0.792. The Bertz CT molecular complexity index is 602. The molecule has 0 radical (unpaired) electrons. The molecule has 2 heterocycles. The van der Waals surface area contributed by atoms with E-state index >= 15 is 0 Å². The minimum atomic E-state index is -3.34. The molecule has 0 bridgehead atoms. The minimum absolute atomic E-state index is 0.0235. The molecule has 114 valence electrons. The normalized spacial score (nSPS) is 28.1. The van der Waals surface area contributed by atoms with E-state index in [1.165, 1.54) is 0 Å². The molecule has 1 aromatic carbocycles. The Morgan fingerprint density at radius 3 is 2.38 bits per heavy atom. The van der Waals surface area contributed by atoms with Crippen LogP contribution < -0.4 is 0 Å². The summed E-state index contributed by atoms with van der Waals surface area (Å²) in [4.78, 5) is 12.2. The first-order chi connectivity index (χ1) is 10.0. The van der Waals surface area contributed by atoms with Crippen LogP contribution in [-0.2, 0) is 18.4 Å². The SMILES string of the molecule is CCP12(OCCO1)OC(C)=C(C(C)=O)[C@H]2c1ccccc1. The Balaban J connectivity index is 2.22. The summed E-state index contributed by atoms with van der Waals surface area (Å²) in [6, 6.07) is 9.94. The van der Waals surface area contributed by atoms with E-state index in [0.717, 1.165) is 5.56 Å². The number of hydrogen-bond donors (Lipinski definition) is 0. The van der Waals surface area contributed by atoms with Gasteiger partial charge in [-0.05, 0) is 0 Å². The summed E-state index contributed by atoms with van der Waals surface area (Å²) in [7, 11) is -3.34. The third-order valence-corrected chi connectivity index (χ3v) is 9.15. The molecule has 0 aliphatic carbocycles. The number of benzene rings is 1. The van der Waals surface area contributed by atoms with E-state index < -0.39 is 7.28 Å². The monoisotopic (exact) mass is 308 g/mol. The Morgan fingerprint density at radius 1 is 1.24 bits per heavy atom. The number of carbonyl (C=O) groups excluding carboxylic acids is 1. The van der Waals surface area contributed by atoms with Crippen molar-refractivity contribution in [1.82, 2.24) is 0 Å². The standard InChI is InChI=1S/C16H21O4P/c1-4-21(18-10-11-19-21)16(14-8-6-5-7-9-14)15(12(2)17)13(3)20-21/h5-9,16H,4,10-11H2,1-3H3/t16-/m1/s1. The van der Waals surface area contributed by atoms with Gasteiger partial charge in [0.25, 0.3) is 0 Å². The van der Waals surface area contributed by atoms with Crippen LogP contribution in [0.3, 0.4) is 0 Å². The van der Waals surface area contributed by atoms with Crippen molar-refractivity contribution in [2.24, 2.45) is 0 Å². The summed E-state index contributed by atoms with van der Waals surface area (Å²) in [6.07, 6.45) is 0.638. The van der Waals surface area contributed by atoms with Gasteiger partial charge in [0.1, 0.15) is 0 Å². The predicted molar refractivity (Wildman–Crippen MR) is 83.0 cm³/mol. The molecule has 4 nitrogen and oxygen atoms in total. The molecule has 1 fully saturated rings. The summed E-state index contributed by atoms with van der Waals surface area (Å²) >= 11 is 0. The van der Waals surface area contributed by atoms with Gasteiger partial charge < -0.3 is 0 Å². The second-order valence-corrected chi connectivity index (χ2v) is 9.59. The van der Waals surface area contributed by atoms with Gasteiger partial charge in [-0.3, -0.25) is 0 Å². The van der Waals surface area contributed by atoms with Crippen molar-refractivity contribution in [3.63, 3.8) is 0 Å². The maximum absolute atomic E-state index is 12.2. The van der Waals surface area contributed by atoms with Gasteiger partial charge in [-0.25, -0.2) is 0 Å². The topological polar surface area (TPSA) is 44.8 Å². The van der Waals surface area contributed by atoms with Gasteiger partial charge in [0.15, 0.2) is 0 Å². The van der Waals surface area contributed by atoms with Crippen LogP contribution in [0.5, 0.6) is 0 Å². The van der Waals surface area contributed by atoms with Gasteiger partial charge in [0, 0.05) is 0 Å². The number of carbonyl (C=O) groups is 1. The van der Waals surface area contributed by atoms with Crippen LogP contribution in [0.2, 0.25) is 0 Å². The molecule has 0 aromatic heterocycles. The zero-order valence-corrected chi connectivity index (χ0v) is 13.6. The molecule has 1 spiro atoms. The zero-order chi connectivity index (χ0) is 15.1. The van der Waals surface area contributed by atoms with Crippen molar-refractivity contribution in [2.45, 2.75) is 26.4 Å². The van der Waals surface area contributed by atoms with Crippen molar-refractivity contribution in [3.8, 4) is 0 Å². The Labute approximate surface area is 125 Å². The zero-order valence-electron chi connectivity index (χ0n) is 12.7. The summed E-state index contributed by atoms with van der Waals surface area (Å²) in [5.74, 6) is 0.674. The number of hydrogen-bond acceptors (Lipinski definition) is 4. The Morgan fingerprint density at radius 2 is 1.86 bits per heavy atom. The van der Waals surface area contributed by atoms with E-state index in [1.54, 1.807) is 6.92 Å². The molecule has 0 saturated carbocycles. The summed E-state index contributed by atoms with van der Waals surface area (Å²) < 4.78 is 18.5. The van der Waals surface area contributed by atoms with Gasteiger partial charge >= 0.3 is 124 Å². The molecule has 21 heavy (non-hydrogen) atoms. The molecule has 1 saturated heterocycles. The average molecular weight is 308 g/mol. The Kier molecular flexibility index (Phi) is 3.44. The molecular formula is C16H21O4P. The molecule has 5 heteroatoms. The van der Waals surface area contributed by atoms with Crippen LogP contribution in [-0.4, -0.2) is 25.2 Å². The summed E-state index contributed by atoms with van der Waals surface area (Å²) in [5.41, 5.74) is 1.49. The van der Waals surface area contributed by atoms with Crippen LogP contribution in [0.1, 0.15) is 32.0 Å². The van der Waals surface area contributed by atoms with Crippen LogP contribution >= 0.6 is 7.28 Å². The number of Topliss-reactive ketones (excluding diaryl/α,β-unsaturated/α-hetero) is 1. The fourth-order valence-corrected chi connectivity index (χ4v) is 8.13. The molecule has 2 aliphatic rings. The van der Waals surface area contributed by atoms with Crippen LogP contribution in [0.4, 0.5) is 0 Å². The van der Waals surface area contributed by atoms with E-state index in [2.05, 4.69) is 0 Å². The van der Waals surface area contributed by atoms with Crippen LogP contribution in [0.15, 0.2) is 41.7 Å². The molecule has 0 amide bonds. The molecule has 0 N–H and O–H groups in total. The first kappa shape index (κ1) is 14.7. The summed E-state index contributed by atoms with van der Waals surface area (Å²) in [6.45, 7) is 6.49. The first-order valence-electron chi connectivity index (χ1n) is 7.30. The van der Waals surface area contributed by atoms with Crippen molar-refractivity contribution in [2.75, 3.05) is 19.4 Å². The number of rotatable bonds is 3. The molecular weight excluding hydrogens is 287 g/mol. The van der Waals surface area contributed by atoms with Gasteiger partial charge in [0.05, 0.1) is 0 Å². The molecule has 0 unspecified atom stereocenters. The van der Waals surface area contributed by atoms with Gasteiger partial charge in [-0.15, -0.1) is 0 Å². The number of ketones is 1. The second-order valence-electron chi connectivity index (χ2n) is 5.52. The van der Waals surface area contributed by atoms with E-state index in [-0.39, 0.29) is 11.4 Å². The van der Waals surface area contributed by atoms with Crippen molar-refractivity contribution in [1.29, 1.82) is 0 Å². The number of allylic oxidation sites excluding steroid dienone is 2. The van der Waals surface area contributed by atoms with Crippen molar-refractivity contribution in [3.05, 3.63) is 47.2 Å². The van der Waals surface area contributed by atoms with Crippen LogP contribution in [0.25, 0.3) is 0 Å². The van der Waals surface area contributed by atoms with Gasteiger partial charge in [-0.2, -0.15) is 0 Å². The molecule has 3 rings (SSSR count). The molecule has 1 aromatic rings. The van der Waals surface area contributed by atoms with Gasteiger partial charge in [0.2, 0.25) is 0 Å². The fourth-order valence-electron chi connectivity index (χ4n) is 3.49. The average Bonchev–Trinajstić information content (AvgIpc) is 3.02. The third kappa shape index (κ3) is 1.97. The maximum atomic E-state index is 12.2. The van der Waals surface area contributed by atoms with E-state index in [4.69, 9.17) is 13.6 Å². The Hall–Kier alpha value is -1.22. The van der Waals surface area contributed by atoms with Crippen LogP contribution in [0, 0.1) is 0 Å². The molecule has 2 aliphatic heterocycles. The van der Waals surface area contributed by atoms with E-state index in [1.807, 2.05) is 44.2 Å². The van der Waals surface area contributed by atoms with E-state index in [9.17, 15) is 4.79 Å². The molecule has 1 atom stereocenters. The van der Waals surface area contributed by atoms with Gasteiger partial charge in [-0.1, -0.05) is 0 Å². The summed E-state index contributed by atoms with van der Waals surface area (Å²) in [5, 5.41) is 0. The van der Waals surface area contributed by atoms with E-state index in [0.29, 0.717) is 30.7 Å². The van der Waals surface area contributed by atoms with Crippen molar-refractivity contribution >= 4 is 13.1 Å². The van der Waals surface area contributed by atoms with Crippen molar-refractivity contribution < 1.29 is 18.4 Å². The third-order valence-electron chi connectivity index (χ3n) is 4.35. The predicted octanol–water partition coefficient (Wildman–Crippen LogP) is 3.99. The second kappa shape index (κ2) is 4.91. The first-order valence-corrected chi connectivity index (χ1v) is 9.55. The fraction of sp³-hybridized carbons (Fsp3) is 0.438.